The molecular formula is C22H27N3NiO7S-2. The van der Waals surface area contributed by atoms with Gasteiger partial charge in [-0.3, -0.25) is 0 Å². The molecule has 34 heavy (non-hydrogen) atoms. The number of carbonyl (C=O) groups is 4. The number of carboxylic acid groups (broad SMARTS) is 2. The van der Waals surface area contributed by atoms with E-state index in [9.17, 15) is 19.2 Å². The zero-order chi connectivity index (χ0) is 24.6. The van der Waals surface area contributed by atoms with E-state index in [1.807, 2.05) is 18.2 Å². The summed E-state index contributed by atoms with van der Waals surface area (Å²) in [6, 6.07) is 6.75. The molecule has 0 aliphatic rings. The SMILES string of the molecule is N[C@@H](CCC(=O)N[C@@H](CS[C](=[Ni])/C=C\C=[C-]Oc1ccccc1)C(=O)NCC(=O)O)C(=O)O.[CH3-]. The average molecular weight is 536 g/mol. The molecule has 0 aliphatic heterocycles. The molecule has 0 heterocycles. The summed E-state index contributed by atoms with van der Waals surface area (Å²) < 4.78 is 5.70. The summed E-state index contributed by atoms with van der Waals surface area (Å²) >= 11 is 5.97. The average Bonchev–Trinajstić information content (AvgIpc) is 2.78. The molecule has 6 N–H and O–H groups in total. The third kappa shape index (κ3) is 14.3. The van der Waals surface area contributed by atoms with E-state index in [-0.39, 0.29) is 26.0 Å². The van der Waals surface area contributed by atoms with Crippen molar-refractivity contribution in [2.75, 3.05) is 12.3 Å². The fraction of sp³-hybridized carbons (Fsp3) is 0.273. The number of nitrogens with one attached hydrogen (secondary N) is 2. The number of thioether (sulfide) groups is 1. The Morgan fingerprint density at radius 2 is 1.88 bits per heavy atom. The number of benzene rings is 1. The summed E-state index contributed by atoms with van der Waals surface area (Å²) in [5.74, 6) is -3.12. The van der Waals surface area contributed by atoms with Crippen molar-refractivity contribution in [2.24, 2.45) is 5.73 Å². The Kier molecular flexibility index (Phi) is 16.0. The van der Waals surface area contributed by atoms with E-state index >= 15 is 0 Å². The van der Waals surface area contributed by atoms with Gasteiger partial charge in [-0.25, -0.2) is 0 Å². The molecule has 0 aromatic heterocycles. The van der Waals surface area contributed by atoms with E-state index in [0.717, 1.165) is 11.8 Å². The molecule has 0 aliphatic carbocycles. The molecule has 190 valence electrons. The van der Waals surface area contributed by atoms with Crippen LogP contribution in [-0.4, -0.2) is 62.2 Å². The second kappa shape index (κ2) is 17.5. The van der Waals surface area contributed by atoms with E-state index < -0.39 is 42.4 Å². The topological polar surface area (TPSA) is 168 Å². The number of hydrogen-bond acceptors (Lipinski definition) is 7. The van der Waals surface area contributed by atoms with Gasteiger partial charge in [-0.15, -0.1) is 0 Å². The molecule has 1 aromatic rings. The number of aliphatic carboxylic acids is 2. The van der Waals surface area contributed by atoms with E-state index in [1.54, 1.807) is 24.3 Å². The summed E-state index contributed by atoms with van der Waals surface area (Å²) in [6.07, 6.45) is 6.99. The summed E-state index contributed by atoms with van der Waals surface area (Å²) in [5, 5.41) is 22.2. The minimum atomic E-state index is -1.24. The van der Waals surface area contributed by atoms with E-state index in [1.165, 1.54) is 6.08 Å². The van der Waals surface area contributed by atoms with Crippen LogP contribution in [0.1, 0.15) is 12.8 Å². The van der Waals surface area contributed by atoms with Gasteiger partial charge < -0.3 is 7.43 Å². The molecule has 0 unspecified atom stereocenters. The number of nitrogens with two attached hydrogens (primary N) is 1. The Balaban J connectivity index is 0.0000109. The fourth-order valence-electron chi connectivity index (χ4n) is 2.10. The van der Waals surface area contributed by atoms with Crippen LogP contribution in [0.2, 0.25) is 0 Å². The third-order valence-corrected chi connectivity index (χ3v) is 5.23. The molecule has 0 spiro atoms. The Morgan fingerprint density at radius 1 is 1.21 bits per heavy atom. The quantitative estimate of drug-likeness (QED) is 0.0937. The van der Waals surface area contributed by atoms with Crippen molar-refractivity contribution in [3.05, 3.63) is 62.2 Å². The zero-order valence-corrected chi connectivity index (χ0v) is 20.1. The summed E-state index contributed by atoms with van der Waals surface area (Å²) in [5.41, 5.74) is 5.37. The van der Waals surface area contributed by atoms with Crippen LogP contribution in [0.25, 0.3) is 0 Å². The third-order valence-electron chi connectivity index (χ3n) is 3.75. The van der Waals surface area contributed by atoms with Gasteiger partial charge in [-0.2, -0.15) is 0 Å². The smallest absolute Gasteiger partial charge is 0.358 e. The van der Waals surface area contributed by atoms with Crippen LogP contribution in [0.4, 0.5) is 0 Å². The van der Waals surface area contributed by atoms with Gasteiger partial charge in [-0.05, 0) is 0 Å². The molecule has 12 heteroatoms. The molecule has 1 rings (SSSR count). The Labute approximate surface area is 209 Å². The van der Waals surface area contributed by atoms with E-state index in [2.05, 4.69) is 16.9 Å². The van der Waals surface area contributed by atoms with Crippen LogP contribution in [-0.2, 0) is 34.2 Å². The Bertz CT molecular complexity index is 894. The number of amides is 2. The molecule has 0 fully saturated rings. The first-order chi connectivity index (χ1) is 15.7. The van der Waals surface area contributed by atoms with Gasteiger partial charge in [0.15, 0.2) is 0 Å². The van der Waals surface area contributed by atoms with Crippen molar-refractivity contribution < 1.29 is 49.2 Å². The molecule has 2 atom stereocenters. The molecule has 2 amide bonds. The van der Waals surface area contributed by atoms with Crippen molar-refractivity contribution in [3.63, 3.8) is 0 Å². The maximum absolute atomic E-state index is 12.3. The van der Waals surface area contributed by atoms with Gasteiger partial charge in [0.2, 0.25) is 0 Å². The predicted molar refractivity (Wildman–Crippen MR) is 125 cm³/mol. The Morgan fingerprint density at radius 3 is 2.50 bits per heavy atom. The number of carboxylic acids is 2. The number of para-hydroxylation sites is 1. The predicted octanol–water partition coefficient (Wildman–Crippen LogP) is 0.676. The van der Waals surface area contributed by atoms with Crippen LogP contribution in [0.15, 0.2) is 48.6 Å². The standard InChI is InChI=1S/C21H24N3O7S.CH3.Ni/c22-16(21(29)30)9-10-18(25)24-17(20(28)23-13-19(26)27)14-32-12-6-2-5-11-31-15-7-3-1-4-8-15;;/h1-8,16-17H,9-10,13-14,22H2,(H,23,28)(H,24,25)(H,26,27)(H,29,30);1H3;/q2*-1;/b6-2-;;/t16-,17-;;/m0../s1. The van der Waals surface area contributed by atoms with Gasteiger partial charge in [0.05, 0.1) is 0 Å². The van der Waals surface area contributed by atoms with Crippen molar-refractivity contribution >= 4 is 39.3 Å². The molecule has 0 bridgehead atoms. The number of carbonyl (C=O) groups excluding carboxylic acids is 2. The summed E-state index contributed by atoms with van der Waals surface area (Å²) in [7, 11) is 0. The largest absolute Gasteiger partial charge is 0.358 e. The number of allylic oxidation sites excluding steroid dienone is 2. The number of rotatable bonds is 15. The van der Waals surface area contributed by atoms with Gasteiger partial charge in [0, 0.05) is 0 Å². The first-order valence-electron chi connectivity index (χ1n) is 9.55. The summed E-state index contributed by atoms with van der Waals surface area (Å²) in [4.78, 5) is 45.8. The minimum absolute atomic E-state index is 0. The molecule has 10 nitrogen and oxygen atoms in total. The van der Waals surface area contributed by atoms with Crippen molar-refractivity contribution in [1.82, 2.24) is 10.6 Å². The van der Waals surface area contributed by atoms with Crippen LogP contribution >= 0.6 is 11.8 Å². The van der Waals surface area contributed by atoms with Crippen LogP contribution < -0.4 is 21.1 Å². The minimum Gasteiger partial charge on any atom is -0.358 e. The Hall–Kier alpha value is -2.95. The van der Waals surface area contributed by atoms with E-state index in [4.69, 9.17) is 35.7 Å². The van der Waals surface area contributed by atoms with Crippen LogP contribution in [0.3, 0.4) is 0 Å². The molecule has 1 aromatic carbocycles. The molecule has 0 radical (unpaired) electrons. The second-order valence-corrected chi connectivity index (χ2v) is 8.24. The summed E-state index contributed by atoms with van der Waals surface area (Å²) in [6.45, 7) is -0.616. The normalized spacial score (nSPS) is 12.4. The van der Waals surface area contributed by atoms with Gasteiger partial charge in [0.1, 0.15) is 0 Å². The maximum Gasteiger partial charge on any atom is -0.358 e. The monoisotopic (exact) mass is 535 g/mol. The zero-order valence-electron chi connectivity index (χ0n) is 18.3. The second-order valence-electron chi connectivity index (χ2n) is 6.36. The van der Waals surface area contributed by atoms with Gasteiger partial charge >= 0.3 is 203 Å². The van der Waals surface area contributed by atoms with Crippen molar-refractivity contribution in [3.8, 4) is 5.75 Å². The molecule has 0 saturated carbocycles. The first-order valence-corrected chi connectivity index (χ1v) is 11.0. The van der Waals surface area contributed by atoms with Crippen LogP contribution in [0, 0.1) is 13.7 Å². The number of hydrogen-bond donors (Lipinski definition) is 5. The van der Waals surface area contributed by atoms with Crippen molar-refractivity contribution in [2.45, 2.75) is 24.9 Å². The van der Waals surface area contributed by atoms with Gasteiger partial charge in [0.25, 0.3) is 0 Å². The first kappa shape index (κ1) is 31.1. The van der Waals surface area contributed by atoms with Crippen molar-refractivity contribution in [1.29, 1.82) is 0 Å². The molecule has 0 saturated heterocycles. The number of ether oxygens (including phenoxy) is 1. The van der Waals surface area contributed by atoms with Gasteiger partial charge in [-0.1, -0.05) is 0 Å². The van der Waals surface area contributed by atoms with Crippen LogP contribution in [0.5, 0.6) is 5.75 Å². The fourth-order valence-corrected chi connectivity index (χ4v) is 3.17. The maximum atomic E-state index is 12.3. The molecular weight excluding hydrogens is 509 g/mol. The van der Waals surface area contributed by atoms with E-state index in [0.29, 0.717) is 9.57 Å².